The third kappa shape index (κ3) is 5.81. The second-order valence-electron chi connectivity index (χ2n) is 8.03. The molecule has 174 valence electrons. The summed E-state index contributed by atoms with van der Waals surface area (Å²) in [6.07, 6.45) is 5.39. The van der Waals surface area contributed by atoms with Crippen LogP contribution in [0, 0.1) is 5.92 Å². The Morgan fingerprint density at radius 1 is 1.28 bits per heavy atom. The molecule has 6 nitrogen and oxygen atoms in total. The van der Waals surface area contributed by atoms with Crippen LogP contribution in [0.3, 0.4) is 0 Å². The molecule has 0 aromatic carbocycles. The number of amidine groups is 1. The lowest BCUT2D eigenvalue weighted by Crippen LogP contribution is -2.51. The lowest BCUT2D eigenvalue weighted by molar-refractivity contribution is -0.129. The Hall–Kier alpha value is -3.03. The number of anilines is 1. The first-order chi connectivity index (χ1) is 15.1. The third-order valence-electron chi connectivity index (χ3n) is 5.63. The van der Waals surface area contributed by atoms with Gasteiger partial charge >= 0.3 is 0 Å². The van der Waals surface area contributed by atoms with Crippen molar-refractivity contribution in [3.8, 4) is 0 Å². The summed E-state index contributed by atoms with van der Waals surface area (Å²) in [6.45, 7) is 16.2. The van der Waals surface area contributed by atoms with E-state index in [2.05, 4.69) is 28.5 Å². The van der Waals surface area contributed by atoms with Crippen molar-refractivity contribution in [3.63, 3.8) is 0 Å². The number of aliphatic imine (C=N–C) groups is 1. The van der Waals surface area contributed by atoms with E-state index in [1.54, 1.807) is 30.6 Å². The van der Waals surface area contributed by atoms with E-state index < -0.39 is 17.4 Å². The molecule has 0 spiro atoms. The van der Waals surface area contributed by atoms with Gasteiger partial charge in [-0.25, -0.2) is 13.8 Å². The van der Waals surface area contributed by atoms with Gasteiger partial charge in [0.05, 0.1) is 23.3 Å². The van der Waals surface area contributed by atoms with Crippen molar-refractivity contribution in [2.24, 2.45) is 10.9 Å². The Morgan fingerprint density at radius 3 is 2.38 bits per heavy atom. The van der Waals surface area contributed by atoms with Crippen LogP contribution in [0.2, 0.25) is 0 Å². The van der Waals surface area contributed by atoms with Crippen molar-refractivity contribution in [2.75, 3.05) is 31.5 Å². The van der Waals surface area contributed by atoms with Gasteiger partial charge in [-0.05, 0) is 31.4 Å². The average molecular weight is 446 g/mol. The number of halogens is 2. The Labute approximate surface area is 189 Å². The number of pyridine rings is 1. The smallest absolute Gasteiger partial charge is 0.282 e. The molecular weight excluding hydrogens is 412 g/mol. The van der Waals surface area contributed by atoms with Gasteiger partial charge in [0.25, 0.3) is 5.91 Å². The third-order valence-corrected chi connectivity index (χ3v) is 5.63. The van der Waals surface area contributed by atoms with Gasteiger partial charge in [0.1, 0.15) is 0 Å². The van der Waals surface area contributed by atoms with Gasteiger partial charge in [0, 0.05) is 32.4 Å². The summed E-state index contributed by atoms with van der Waals surface area (Å²) in [7, 11) is 0. The molecule has 1 aliphatic rings. The summed E-state index contributed by atoms with van der Waals surface area (Å²) in [5.41, 5.74) is 0.134. The van der Waals surface area contributed by atoms with E-state index in [1.165, 1.54) is 4.90 Å². The van der Waals surface area contributed by atoms with E-state index in [0.717, 1.165) is 0 Å². The van der Waals surface area contributed by atoms with Crippen LogP contribution in [-0.4, -0.2) is 52.7 Å². The van der Waals surface area contributed by atoms with E-state index in [0.29, 0.717) is 55.5 Å². The Morgan fingerprint density at radius 2 is 1.91 bits per heavy atom. The molecule has 8 heteroatoms. The number of rotatable bonds is 8. The normalized spacial score (nSPS) is 16.9. The van der Waals surface area contributed by atoms with Crippen molar-refractivity contribution >= 4 is 17.4 Å². The number of carbonyl (C=O) groups is 1. The van der Waals surface area contributed by atoms with Gasteiger partial charge < -0.3 is 15.1 Å². The van der Waals surface area contributed by atoms with Crippen molar-refractivity contribution in [1.29, 1.82) is 0 Å². The molecule has 1 atom stereocenters. The van der Waals surface area contributed by atoms with Gasteiger partial charge in [0.2, 0.25) is 0 Å². The van der Waals surface area contributed by atoms with Gasteiger partial charge in [-0.1, -0.05) is 40.0 Å². The molecule has 1 unspecified atom stereocenters. The zero-order valence-corrected chi connectivity index (χ0v) is 19.4. The van der Waals surface area contributed by atoms with Crippen molar-refractivity contribution in [1.82, 2.24) is 14.8 Å². The second kappa shape index (κ2) is 11.0. The van der Waals surface area contributed by atoms with Crippen LogP contribution < -0.4 is 5.32 Å². The number of alkyl halides is 1. The van der Waals surface area contributed by atoms with Gasteiger partial charge in [-0.15, -0.1) is 0 Å². The molecule has 2 rings (SSSR count). The van der Waals surface area contributed by atoms with E-state index in [-0.39, 0.29) is 5.92 Å². The number of aromatic nitrogens is 1. The fourth-order valence-corrected chi connectivity index (χ4v) is 3.62. The molecule has 0 radical (unpaired) electrons. The van der Waals surface area contributed by atoms with Crippen LogP contribution in [0.5, 0.6) is 0 Å². The van der Waals surface area contributed by atoms with Gasteiger partial charge in [-0.2, -0.15) is 0 Å². The lowest BCUT2D eigenvalue weighted by Gasteiger charge is -2.36. The Balaban J connectivity index is 2.13. The average Bonchev–Trinajstić information content (AvgIpc) is 2.79. The van der Waals surface area contributed by atoms with Crippen LogP contribution >= 0.6 is 0 Å². The minimum absolute atomic E-state index is 0.187. The van der Waals surface area contributed by atoms with E-state index in [1.807, 2.05) is 32.6 Å². The fourth-order valence-electron chi connectivity index (χ4n) is 3.62. The molecule has 1 aromatic rings. The number of hydrogen-bond acceptors (Lipinski definition) is 4. The first-order valence-corrected chi connectivity index (χ1v) is 10.8. The summed E-state index contributed by atoms with van der Waals surface area (Å²) in [5.74, 6) is -1.22. The topological polar surface area (TPSA) is 60.8 Å². The van der Waals surface area contributed by atoms with Crippen molar-refractivity contribution in [3.05, 3.63) is 61.0 Å². The van der Waals surface area contributed by atoms with Crippen molar-refractivity contribution in [2.45, 2.75) is 39.8 Å². The monoisotopic (exact) mass is 445 g/mol. The molecule has 1 fully saturated rings. The summed E-state index contributed by atoms with van der Waals surface area (Å²) in [6, 6.07) is 3.46. The van der Waals surface area contributed by atoms with Crippen LogP contribution in [0.4, 0.5) is 14.5 Å². The van der Waals surface area contributed by atoms with Crippen LogP contribution in [0.15, 0.2) is 60.3 Å². The number of nitrogens with zero attached hydrogens (tertiary/aromatic N) is 4. The molecule has 1 aromatic heterocycles. The molecule has 1 saturated heterocycles. The number of allylic oxidation sites excluding steroid dienone is 1. The SMILES string of the molecule is C=C(F)C(=O)N1CCN(C(=N/C=C\C)C(=C)Nc2ccc(C(F)(CC)C(C)C)nc2)CC1. The second-order valence-corrected chi connectivity index (χ2v) is 8.03. The molecular formula is C24H33F2N5O. The largest absolute Gasteiger partial charge is 0.352 e. The molecule has 0 saturated carbocycles. The summed E-state index contributed by atoms with van der Waals surface area (Å²) < 4.78 is 28.4. The van der Waals surface area contributed by atoms with Gasteiger partial charge in [-0.3, -0.25) is 9.78 Å². The predicted octanol–water partition coefficient (Wildman–Crippen LogP) is 4.80. The summed E-state index contributed by atoms with van der Waals surface area (Å²) in [4.78, 5) is 24.0. The van der Waals surface area contributed by atoms with Crippen molar-refractivity contribution < 1.29 is 13.6 Å². The maximum atomic E-state index is 15.2. The summed E-state index contributed by atoms with van der Waals surface area (Å²) in [5, 5.41) is 3.19. The molecule has 32 heavy (non-hydrogen) atoms. The Bertz CT molecular complexity index is 886. The predicted molar refractivity (Wildman–Crippen MR) is 126 cm³/mol. The maximum absolute atomic E-state index is 15.2. The van der Waals surface area contributed by atoms with Crippen LogP contribution in [0.1, 0.15) is 39.8 Å². The minimum Gasteiger partial charge on any atom is -0.352 e. The highest BCUT2D eigenvalue weighted by atomic mass is 19.1. The molecule has 0 bridgehead atoms. The number of carbonyl (C=O) groups excluding carboxylic acids is 1. The standard InChI is InChI=1S/C24H33F2N5O/c1-7-11-27-22(30-12-14-31(15-13-30)23(32)18(5)25)19(6)29-20-9-10-21(28-16-20)24(26,8-2)17(3)4/h7,9-11,16-17,29H,5-6,8,12-15H2,1-4H3/b11-7-,27-22?. The first-order valence-electron chi connectivity index (χ1n) is 10.8. The quantitative estimate of drug-likeness (QED) is 0.355. The summed E-state index contributed by atoms with van der Waals surface area (Å²) >= 11 is 0. The maximum Gasteiger partial charge on any atom is 0.282 e. The van der Waals surface area contributed by atoms with E-state index in [4.69, 9.17) is 0 Å². The number of amides is 1. The molecule has 0 aliphatic carbocycles. The number of nitrogens with one attached hydrogen (secondary N) is 1. The van der Waals surface area contributed by atoms with E-state index in [9.17, 15) is 9.18 Å². The van der Waals surface area contributed by atoms with Crippen LogP contribution in [0.25, 0.3) is 0 Å². The molecule has 1 amide bonds. The highest BCUT2D eigenvalue weighted by molar-refractivity contribution is 6.00. The van der Waals surface area contributed by atoms with E-state index >= 15 is 4.39 Å². The minimum atomic E-state index is -1.48. The fraction of sp³-hybridized carbons (Fsp3) is 0.458. The molecule has 2 heterocycles. The van der Waals surface area contributed by atoms with Gasteiger partial charge in [0.15, 0.2) is 17.3 Å². The molecule has 1 aliphatic heterocycles. The van der Waals surface area contributed by atoms with Crippen LogP contribution in [-0.2, 0) is 10.5 Å². The molecule has 1 N–H and O–H groups in total. The number of piperazine rings is 1. The Kier molecular flexibility index (Phi) is 8.69. The highest BCUT2D eigenvalue weighted by Crippen LogP contribution is 2.36. The lowest BCUT2D eigenvalue weighted by atomic mass is 9.86. The number of hydrogen-bond donors (Lipinski definition) is 1. The zero-order valence-electron chi connectivity index (χ0n) is 19.4. The zero-order chi connectivity index (χ0) is 23.9. The highest BCUT2D eigenvalue weighted by Gasteiger charge is 2.35. The first kappa shape index (κ1) is 25.2.